The number of rotatable bonds is 3. The third kappa shape index (κ3) is 2.29. The van der Waals surface area contributed by atoms with E-state index < -0.39 is 0 Å². The van der Waals surface area contributed by atoms with Gasteiger partial charge in [0.25, 0.3) is 0 Å². The molecule has 1 N–H and O–H groups in total. The van der Waals surface area contributed by atoms with Gasteiger partial charge in [0.05, 0.1) is 0 Å². The minimum atomic E-state index is 0.625. The van der Waals surface area contributed by atoms with Crippen LogP contribution >= 0.6 is 11.3 Å². The summed E-state index contributed by atoms with van der Waals surface area (Å²) in [6.07, 6.45) is 0. The van der Waals surface area contributed by atoms with Crippen LogP contribution in [0.3, 0.4) is 0 Å². The van der Waals surface area contributed by atoms with Crippen LogP contribution in [0.1, 0.15) is 10.4 Å². The molecule has 1 aromatic heterocycles. The molecule has 0 spiro atoms. The predicted molar refractivity (Wildman–Crippen MR) is 73.8 cm³/mol. The van der Waals surface area contributed by atoms with E-state index in [2.05, 4.69) is 23.7 Å². The Hall–Kier alpha value is -1.68. The number of anilines is 1. The molecule has 3 nitrogen and oxygen atoms in total. The first-order chi connectivity index (χ1) is 8.83. The molecular weight excluding hydrogens is 246 g/mol. The number of ether oxygens (including phenoxy) is 2. The minimum absolute atomic E-state index is 0.625. The van der Waals surface area contributed by atoms with Crippen molar-refractivity contribution in [3.05, 3.63) is 40.1 Å². The van der Waals surface area contributed by atoms with Gasteiger partial charge in [-0.1, -0.05) is 0 Å². The molecule has 0 unspecified atom stereocenters. The number of nitrogens with one attached hydrogen (secondary N) is 1. The summed E-state index contributed by atoms with van der Waals surface area (Å²) in [6, 6.07) is 8.12. The molecule has 0 radical (unpaired) electrons. The van der Waals surface area contributed by atoms with Crippen molar-refractivity contribution in [3.63, 3.8) is 0 Å². The quantitative estimate of drug-likeness (QED) is 0.918. The Morgan fingerprint density at radius 2 is 2.00 bits per heavy atom. The second-order valence-corrected chi connectivity index (χ2v) is 5.24. The molecule has 1 aliphatic heterocycles. The summed E-state index contributed by atoms with van der Waals surface area (Å²) in [5.74, 6) is 1.66. The molecule has 0 atom stereocenters. The number of hydrogen-bond donors (Lipinski definition) is 1. The highest BCUT2D eigenvalue weighted by Gasteiger charge is 2.11. The topological polar surface area (TPSA) is 30.5 Å². The number of hydrogen-bond acceptors (Lipinski definition) is 4. The summed E-state index contributed by atoms with van der Waals surface area (Å²) in [7, 11) is 0. The van der Waals surface area contributed by atoms with Crippen molar-refractivity contribution < 1.29 is 9.47 Å². The second kappa shape index (κ2) is 4.90. The van der Waals surface area contributed by atoms with E-state index in [9.17, 15) is 0 Å². The van der Waals surface area contributed by atoms with Crippen molar-refractivity contribution in [2.24, 2.45) is 0 Å². The largest absolute Gasteiger partial charge is 0.486 e. The average Bonchev–Trinajstić information content (AvgIpc) is 2.82. The smallest absolute Gasteiger partial charge is 0.163 e. The molecule has 0 fully saturated rings. The Balaban J connectivity index is 1.71. The predicted octanol–water partition coefficient (Wildman–Crippen LogP) is 3.44. The van der Waals surface area contributed by atoms with Crippen molar-refractivity contribution >= 4 is 17.0 Å². The molecule has 4 heteroatoms. The number of benzene rings is 1. The molecule has 0 saturated heterocycles. The van der Waals surface area contributed by atoms with Gasteiger partial charge in [-0.15, -0.1) is 11.3 Å². The van der Waals surface area contributed by atoms with Crippen molar-refractivity contribution in [3.8, 4) is 11.5 Å². The molecule has 2 heterocycles. The highest BCUT2D eigenvalue weighted by molar-refractivity contribution is 7.10. The lowest BCUT2D eigenvalue weighted by molar-refractivity contribution is 0.171. The third-order valence-corrected chi connectivity index (χ3v) is 3.99. The van der Waals surface area contributed by atoms with E-state index in [4.69, 9.17) is 9.47 Å². The lowest BCUT2D eigenvalue weighted by Gasteiger charge is -2.19. The van der Waals surface area contributed by atoms with E-state index in [1.807, 2.05) is 18.2 Å². The molecule has 2 aromatic rings. The van der Waals surface area contributed by atoms with Gasteiger partial charge in [-0.25, -0.2) is 0 Å². The summed E-state index contributed by atoms with van der Waals surface area (Å²) in [5.41, 5.74) is 2.40. The van der Waals surface area contributed by atoms with Gasteiger partial charge in [-0.2, -0.15) is 0 Å². The van der Waals surface area contributed by atoms with Crippen molar-refractivity contribution in [2.45, 2.75) is 13.5 Å². The third-order valence-electron chi connectivity index (χ3n) is 2.96. The first-order valence-electron chi connectivity index (χ1n) is 5.99. The zero-order chi connectivity index (χ0) is 12.4. The van der Waals surface area contributed by atoms with Crippen LogP contribution in [0.2, 0.25) is 0 Å². The van der Waals surface area contributed by atoms with Gasteiger partial charge in [-0.05, 0) is 36.1 Å². The summed E-state index contributed by atoms with van der Waals surface area (Å²) in [5, 5.41) is 5.53. The van der Waals surface area contributed by atoms with Gasteiger partial charge in [0.2, 0.25) is 0 Å². The van der Waals surface area contributed by atoms with E-state index in [-0.39, 0.29) is 0 Å². The molecule has 3 rings (SSSR count). The molecule has 1 aliphatic rings. The number of aryl methyl sites for hydroxylation is 1. The fourth-order valence-electron chi connectivity index (χ4n) is 1.92. The Morgan fingerprint density at radius 3 is 2.78 bits per heavy atom. The maximum atomic E-state index is 5.56. The van der Waals surface area contributed by atoms with Gasteiger partial charge in [0.15, 0.2) is 11.5 Å². The van der Waals surface area contributed by atoms with Crippen LogP contribution in [0.15, 0.2) is 29.6 Å². The Morgan fingerprint density at radius 1 is 1.17 bits per heavy atom. The first-order valence-corrected chi connectivity index (χ1v) is 6.87. The van der Waals surface area contributed by atoms with Crippen LogP contribution < -0.4 is 14.8 Å². The molecule has 0 amide bonds. The van der Waals surface area contributed by atoms with Crippen LogP contribution in [0.4, 0.5) is 5.69 Å². The molecule has 0 aliphatic carbocycles. The minimum Gasteiger partial charge on any atom is -0.486 e. The first kappa shape index (κ1) is 11.4. The highest BCUT2D eigenvalue weighted by Crippen LogP contribution is 2.32. The van der Waals surface area contributed by atoms with E-state index in [0.29, 0.717) is 13.2 Å². The molecule has 0 bridgehead atoms. The van der Waals surface area contributed by atoms with E-state index in [1.54, 1.807) is 11.3 Å². The van der Waals surface area contributed by atoms with E-state index in [0.717, 1.165) is 23.7 Å². The Bertz CT molecular complexity index is 550. The van der Waals surface area contributed by atoms with Gasteiger partial charge in [0.1, 0.15) is 13.2 Å². The molecule has 0 saturated carbocycles. The van der Waals surface area contributed by atoms with Gasteiger partial charge >= 0.3 is 0 Å². The lowest BCUT2D eigenvalue weighted by atomic mass is 10.2. The van der Waals surface area contributed by atoms with Gasteiger partial charge < -0.3 is 14.8 Å². The molecular formula is C14H15NO2S. The Labute approximate surface area is 110 Å². The summed E-state index contributed by atoms with van der Waals surface area (Å²) in [6.45, 7) is 4.25. The second-order valence-electron chi connectivity index (χ2n) is 4.24. The van der Waals surface area contributed by atoms with Crippen LogP contribution in [-0.2, 0) is 6.54 Å². The van der Waals surface area contributed by atoms with Crippen molar-refractivity contribution in [2.75, 3.05) is 18.5 Å². The van der Waals surface area contributed by atoms with Crippen molar-refractivity contribution in [1.82, 2.24) is 0 Å². The van der Waals surface area contributed by atoms with Crippen LogP contribution in [0.25, 0.3) is 0 Å². The average molecular weight is 261 g/mol. The molecule has 94 valence electrons. The van der Waals surface area contributed by atoms with E-state index in [1.165, 1.54) is 10.4 Å². The standard InChI is InChI=1S/C14H15NO2S/c1-10-4-7-18-14(10)9-15-11-2-3-12-13(8-11)17-6-5-16-12/h2-4,7-8,15H,5-6,9H2,1H3. The normalized spacial score (nSPS) is 13.4. The van der Waals surface area contributed by atoms with Gasteiger partial charge in [-0.3, -0.25) is 0 Å². The number of fused-ring (bicyclic) bond motifs is 1. The zero-order valence-electron chi connectivity index (χ0n) is 10.2. The van der Waals surface area contributed by atoms with Gasteiger partial charge in [0, 0.05) is 23.2 Å². The van der Waals surface area contributed by atoms with Crippen LogP contribution in [-0.4, -0.2) is 13.2 Å². The summed E-state index contributed by atoms with van der Waals surface area (Å²) in [4.78, 5) is 1.37. The monoisotopic (exact) mass is 261 g/mol. The summed E-state index contributed by atoms with van der Waals surface area (Å²) >= 11 is 1.78. The van der Waals surface area contributed by atoms with Crippen molar-refractivity contribution in [1.29, 1.82) is 0 Å². The molecule has 18 heavy (non-hydrogen) atoms. The maximum absolute atomic E-state index is 5.56. The van der Waals surface area contributed by atoms with E-state index >= 15 is 0 Å². The Kier molecular flexibility index (Phi) is 3.11. The zero-order valence-corrected chi connectivity index (χ0v) is 11.0. The summed E-state index contributed by atoms with van der Waals surface area (Å²) < 4.78 is 11.1. The highest BCUT2D eigenvalue weighted by atomic mass is 32.1. The lowest BCUT2D eigenvalue weighted by Crippen LogP contribution is -2.15. The fourth-order valence-corrected chi connectivity index (χ4v) is 2.77. The fraction of sp³-hybridized carbons (Fsp3) is 0.286. The molecule has 1 aromatic carbocycles. The maximum Gasteiger partial charge on any atom is 0.163 e. The van der Waals surface area contributed by atoms with Crippen LogP contribution in [0, 0.1) is 6.92 Å². The van der Waals surface area contributed by atoms with Crippen LogP contribution in [0.5, 0.6) is 11.5 Å². The SMILES string of the molecule is Cc1ccsc1CNc1ccc2c(c1)OCCO2. The number of thiophene rings is 1.